The van der Waals surface area contributed by atoms with E-state index in [9.17, 15) is 14.7 Å². The lowest BCUT2D eigenvalue weighted by atomic mass is 9.87. The molecule has 0 spiro atoms. The van der Waals surface area contributed by atoms with E-state index in [4.69, 9.17) is 25.8 Å². The average molecular weight is 552 g/mol. The number of carbonyl (C=O) groups excluding carboxylic acids is 2. The Morgan fingerprint density at radius 2 is 1.85 bits per heavy atom. The maximum atomic E-state index is 13.3. The minimum Gasteiger partial charge on any atom is -0.496 e. The van der Waals surface area contributed by atoms with E-state index in [1.807, 2.05) is 39.0 Å². The highest BCUT2D eigenvalue weighted by molar-refractivity contribution is 6.30. The molecule has 0 aromatic heterocycles. The van der Waals surface area contributed by atoms with Crippen LogP contribution >= 0.6 is 11.6 Å². The van der Waals surface area contributed by atoms with Gasteiger partial charge in [0.15, 0.2) is 6.29 Å². The van der Waals surface area contributed by atoms with E-state index in [2.05, 4.69) is 0 Å². The molecule has 3 aromatic rings. The number of aldehydes is 1. The lowest BCUT2D eigenvalue weighted by Crippen LogP contribution is -2.47. The summed E-state index contributed by atoms with van der Waals surface area (Å²) in [7, 11) is 1.51. The van der Waals surface area contributed by atoms with E-state index in [0.29, 0.717) is 39.8 Å². The molecule has 1 aliphatic rings. The number of aliphatic hydroxyl groups excluding tert-OH is 1. The molecule has 0 unspecified atom stereocenters. The highest BCUT2D eigenvalue weighted by Gasteiger charge is 2.33. The van der Waals surface area contributed by atoms with Gasteiger partial charge in [0.05, 0.1) is 25.3 Å². The van der Waals surface area contributed by atoms with Gasteiger partial charge in [-0.05, 0) is 99.2 Å². The fourth-order valence-electron chi connectivity index (χ4n) is 4.75. The van der Waals surface area contributed by atoms with Gasteiger partial charge in [0.1, 0.15) is 22.8 Å². The standard InChI is InChI=1S/C31H34ClNO6/c1-31(2,3)39-30(36)33(18-28(35)21-6-5-7-24(32)14-21)25-10-8-20-9-11-26(16-22(20)15-25)38-27-12-13-29(37-4)23(17-27)19-34/h5-7,9,11-14,16-17,19,25,28,35H,8,10,15,18H2,1-4H3/t25-,28-/m0/s1. The van der Waals surface area contributed by atoms with Crippen molar-refractivity contribution < 1.29 is 28.9 Å². The van der Waals surface area contributed by atoms with Crippen molar-refractivity contribution in [3.8, 4) is 17.2 Å². The number of amides is 1. The third-order valence-electron chi connectivity index (χ3n) is 6.62. The molecule has 0 bridgehead atoms. The molecule has 0 fully saturated rings. The topological polar surface area (TPSA) is 85.3 Å². The molecule has 2 atom stereocenters. The van der Waals surface area contributed by atoms with Gasteiger partial charge in [-0.15, -0.1) is 0 Å². The number of nitrogens with zero attached hydrogens (tertiary/aromatic N) is 1. The van der Waals surface area contributed by atoms with Gasteiger partial charge < -0.3 is 24.2 Å². The zero-order valence-corrected chi connectivity index (χ0v) is 23.4. The molecule has 4 rings (SSSR count). The molecule has 0 aliphatic heterocycles. The summed E-state index contributed by atoms with van der Waals surface area (Å²) in [4.78, 5) is 26.4. The van der Waals surface area contributed by atoms with Crippen molar-refractivity contribution in [2.75, 3.05) is 13.7 Å². The van der Waals surface area contributed by atoms with Crippen LogP contribution in [-0.2, 0) is 17.6 Å². The fraction of sp³-hybridized carbons (Fsp3) is 0.355. The average Bonchev–Trinajstić information content (AvgIpc) is 2.90. The van der Waals surface area contributed by atoms with Crippen LogP contribution in [0.25, 0.3) is 0 Å². The normalized spacial score (nSPS) is 15.6. The number of hydrogen-bond acceptors (Lipinski definition) is 6. The molecule has 1 aliphatic carbocycles. The number of hydrogen-bond donors (Lipinski definition) is 1. The smallest absolute Gasteiger partial charge is 0.410 e. The van der Waals surface area contributed by atoms with Crippen molar-refractivity contribution >= 4 is 24.0 Å². The van der Waals surface area contributed by atoms with Gasteiger partial charge in [0.2, 0.25) is 0 Å². The van der Waals surface area contributed by atoms with Gasteiger partial charge in [-0.2, -0.15) is 0 Å². The van der Waals surface area contributed by atoms with Crippen LogP contribution in [0.15, 0.2) is 60.7 Å². The van der Waals surface area contributed by atoms with Gasteiger partial charge in [-0.3, -0.25) is 4.79 Å². The molecule has 0 heterocycles. The fourth-order valence-corrected chi connectivity index (χ4v) is 4.95. The largest absolute Gasteiger partial charge is 0.496 e. The lowest BCUT2D eigenvalue weighted by Gasteiger charge is -2.37. The van der Waals surface area contributed by atoms with Gasteiger partial charge in [0, 0.05) is 11.1 Å². The summed E-state index contributed by atoms with van der Waals surface area (Å²) >= 11 is 6.13. The molecule has 0 radical (unpaired) electrons. The van der Waals surface area contributed by atoms with Crippen molar-refractivity contribution in [2.24, 2.45) is 0 Å². The van der Waals surface area contributed by atoms with Crippen LogP contribution in [-0.4, -0.2) is 47.7 Å². The number of aryl methyl sites for hydroxylation is 1. The second kappa shape index (κ2) is 12.1. The minimum absolute atomic E-state index is 0.0752. The van der Waals surface area contributed by atoms with Crippen LogP contribution in [0, 0.1) is 0 Å². The summed E-state index contributed by atoms with van der Waals surface area (Å²) in [6, 6.07) is 17.8. The highest BCUT2D eigenvalue weighted by Crippen LogP contribution is 2.33. The monoisotopic (exact) mass is 551 g/mol. The van der Waals surface area contributed by atoms with Gasteiger partial charge in [-0.25, -0.2) is 4.79 Å². The number of benzene rings is 3. The zero-order chi connectivity index (χ0) is 28.2. The number of methoxy groups -OCH3 is 1. The van der Waals surface area contributed by atoms with E-state index < -0.39 is 17.8 Å². The zero-order valence-electron chi connectivity index (χ0n) is 22.6. The first-order valence-electron chi connectivity index (χ1n) is 12.9. The molecule has 39 heavy (non-hydrogen) atoms. The quantitative estimate of drug-likeness (QED) is 0.310. The van der Waals surface area contributed by atoms with Gasteiger partial charge in [-0.1, -0.05) is 29.8 Å². The highest BCUT2D eigenvalue weighted by atomic mass is 35.5. The number of rotatable bonds is 8. The van der Waals surface area contributed by atoms with Crippen molar-refractivity contribution in [1.29, 1.82) is 0 Å². The molecular formula is C31H34ClNO6. The first-order chi connectivity index (χ1) is 18.6. The predicted molar refractivity (Wildman–Crippen MR) is 150 cm³/mol. The van der Waals surface area contributed by atoms with Crippen LogP contribution in [0.3, 0.4) is 0 Å². The third kappa shape index (κ3) is 7.31. The lowest BCUT2D eigenvalue weighted by molar-refractivity contribution is 0.00195. The van der Waals surface area contributed by atoms with E-state index in [1.165, 1.54) is 12.7 Å². The Hall–Kier alpha value is -3.55. The Morgan fingerprint density at radius 1 is 1.10 bits per heavy atom. The maximum absolute atomic E-state index is 13.3. The first-order valence-corrected chi connectivity index (χ1v) is 13.3. The van der Waals surface area contributed by atoms with Crippen LogP contribution in [0.4, 0.5) is 4.79 Å². The molecule has 1 N–H and O–H groups in total. The summed E-state index contributed by atoms with van der Waals surface area (Å²) in [5.74, 6) is 1.62. The summed E-state index contributed by atoms with van der Waals surface area (Å²) in [5.41, 5.74) is 2.60. The summed E-state index contributed by atoms with van der Waals surface area (Å²) < 4.78 is 17.0. The Bertz CT molecular complexity index is 1330. The molecule has 7 nitrogen and oxygen atoms in total. The van der Waals surface area contributed by atoms with E-state index in [-0.39, 0.29) is 12.6 Å². The molecule has 1 amide bonds. The van der Waals surface area contributed by atoms with Crippen LogP contribution in [0.2, 0.25) is 5.02 Å². The number of carbonyl (C=O) groups is 2. The third-order valence-corrected chi connectivity index (χ3v) is 6.85. The van der Waals surface area contributed by atoms with Crippen molar-refractivity contribution in [3.63, 3.8) is 0 Å². The number of ether oxygens (including phenoxy) is 3. The SMILES string of the molecule is COc1ccc(Oc2ccc3c(c2)C[C@@H](N(C[C@H](O)c2cccc(Cl)c2)C(=O)OC(C)(C)C)CC3)cc1C=O. The minimum atomic E-state index is -0.922. The number of aliphatic hydroxyl groups is 1. The second-order valence-corrected chi connectivity index (χ2v) is 11.1. The Labute approximate surface area is 234 Å². The maximum Gasteiger partial charge on any atom is 0.410 e. The number of halogens is 1. The number of fused-ring (bicyclic) bond motifs is 1. The van der Waals surface area contributed by atoms with Crippen molar-refractivity contribution in [1.82, 2.24) is 4.90 Å². The second-order valence-electron chi connectivity index (χ2n) is 10.7. The summed E-state index contributed by atoms with van der Waals surface area (Å²) in [6.07, 6.45) is 1.42. The molecule has 0 saturated heterocycles. The van der Waals surface area contributed by atoms with Crippen LogP contribution in [0.1, 0.15) is 60.3 Å². The molecule has 3 aromatic carbocycles. The van der Waals surface area contributed by atoms with Crippen molar-refractivity contribution in [2.45, 2.75) is 57.8 Å². The van der Waals surface area contributed by atoms with Gasteiger partial charge in [0.25, 0.3) is 0 Å². The van der Waals surface area contributed by atoms with E-state index in [0.717, 1.165) is 24.7 Å². The molecular weight excluding hydrogens is 518 g/mol. The summed E-state index contributed by atoms with van der Waals surface area (Å²) in [6.45, 7) is 5.55. The molecule has 0 saturated carbocycles. The van der Waals surface area contributed by atoms with Crippen LogP contribution < -0.4 is 9.47 Å². The Morgan fingerprint density at radius 3 is 2.54 bits per heavy atom. The van der Waals surface area contributed by atoms with Gasteiger partial charge >= 0.3 is 6.09 Å². The molecule has 206 valence electrons. The Balaban J connectivity index is 1.56. The van der Waals surface area contributed by atoms with Crippen molar-refractivity contribution in [3.05, 3.63) is 87.9 Å². The van der Waals surface area contributed by atoms with E-state index >= 15 is 0 Å². The first kappa shape index (κ1) is 28.5. The Kier molecular flexibility index (Phi) is 8.83. The molecule has 8 heteroatoms. The predicted octanol–water partition coefficient (Wildman–Crippen LogP) is 6.78. The van der Waals surface area contributed by atoms with Crippen LogP contribution in [0.5, 0.6) is 17.2 Å². The van der Waals surface area contributed by atoms with E-state index in [1.54, 1.807) is 47.4 Å². The summed E-state index contributed by atoms with van der Waals surface area (Å²) in [5, 5.41) is 11.5.